The van der Waals surface area contributed by atoms with Crippen molar-refractivity contribution >= 4 is 5.91 Å². The average Bonchev–Trinajstić information content (AvgIpc) is 2.74. The van der Waals surface area contributed by atoms with Crippen molar-refractivity contribution in [1.29, 1.82) is 0 Å². The van der Waals surface area contributed by atoms with E-state index in [0.29, 0.717) is 6.54 Å². The first kappa shape index (κ1) is 12.7. The van der Waals surface area contributed by atoms with E-state index in [0.717, 1.165) is 18.7 Å². The van der Waals surface area contributed by atoms with Gasteiger partial charge < -0.3 is 15.0 Å². The highest BCUT2D eigenvalue weighted by molar-refractivity contribution is 5.77. The van der Waals surface area contributed by atoms with E-state index in [9.17, 15) is 4.79 Å². The molecule has 0 aliphatic rings. The molecule has 1 aromatic heterocycles. The summed E-state index contributed by atoms with van der Waals surface area (Å²) in [5.74, 6) is 0.890. The lowest BCUT2D eigenvalue weighted by atomic mass is 10.3. The van der Waals surface area contributed by atoms with Crippen LogP contribution in [0.4, 0.5) is 0 Å². The Morgan fingerprint density at radius 3 is 3.06 bits per heavy atom. The second-order valence-electron chi connectivity index (χ2n) is 3.85. The largest absolute Gasteiger partial charge is 0.369 e. The fourth-order valence-corrected chi connectivity index (χ4v) is 1.21. The molecule has 0 bridgehead atoms. The van der Waals surface area contributed by atoms with Crippen molar-refractivity contribution in [2.24, 2.45) is 0 Å². The highest BCUT2D eigenvalue weighted by Gasteiger charge is 2.02. The Labute approximate surface area is 95.6 Å². The summed E-state index contributed by atoms with van der Waals surface area (Å²) < 4.78 is 5.18. The summed E-state index contributed by atoms with van der Waals surface area (Å²) in [6, 6.07) is 0. The Kier molecular flexibility index (Phi) is 5.56. The van der Waals surface area contributed by atoms with Crippen LogP contribution in [0.2, 0.25) is 0 Å². The summed E-state index contributed by atoms with van der Waals surface area (Å²) in [7, 11) is 0. The molecule has 0 radical (unpaired) electrons. The molecule has 1 aromatic rings. The summed E-state index contributed by atoms with van der Waals surface area (Å²) in [5, 5.41) is 2.79. The van der Waals surface area contributed by atoms with Crippen LogP contribution in [-0.4, -0.2) is 35.1 Å². The molecular weight excluding hydrogens is 206 g/mol. The first-order chi connectivity index (χ1) is 7.68. The number of carbonyl (C=O) groups excluding carboxylic acids is 1. The van der Waals surface area contributed by atoms with Crippen LogP contribution in [0.15, 0.2) is 12.4 Å². The van der Waals surface area contributed by atoms with E-state index < -0.39 is 0 Å². The third kappa shape index (κ3) is 5.50. The number of aryl methyl sites for hydroxylation is 1. The molecule has 0 saturated carbocycles. The summed E-state index contributed by atoms with van der Waals surface area (Å²) in [6.07, 6.45) is 5.34. The molecule has 0 unspecified atom stereocenters. The van der Waals surface area contributed by atoms with Gasteiger partial charge in [-0.05, 0) is 20.3 Å². The van der Waals surface area contributed by atoms with E-state index in [1.165, 1.54) is 0 Å². The van der Waals surface area contributed by atoms with Gasteiger partial charge in [0, 0.05) is 25.4 Å². The van der Waals surface area contributed by atoms with Crippen molar-refractivity contribution in [2.45, 2.75) is 32.8 Å². The third-order valence-corrected chi connectivity index (χ3v) is 2.02. The van der Waals surface area contributed by atoms with E-state index in [4.69, 9.17) is 4.74 Å². The van der Waals surface area contributed by atoms with Gasteiger partial charge in [-0.3, -0.25) is 4.79 Å². The minimum Gasteiger partial charge on any atom is -0.369 e. The van der Waals surface area contributed by atoms with Crippen molar-refractivity contribution in [2.75, 3.05) is 13.2 Å². The second kappa shape index (κ2) is 7.00. The van der Waals surface area contributed by atoms with E-state index in [1.54, 1.807) is 12.4 Å². The van der Waals surface area contributed by atoms with Crippen LogP contribution in [-0.2, 0) is 16.0 Å². The van der Waals surface area contributed by atoms with Gasteiger partial charge in [-0.1, -0.05) is 0 Å². The standard InChI is InChI=1S/C11H19N3O2/c1-9(2)16-8-11(15)14-5-3-4-10-12-6-7-13-10/h6-7,9H,3-5,8H2,1-2H3,(H,12,13)(H,14,15). The number of imidazole rings is 1. The molecule has 0 aliphatic carbocycles. The van der Waals surface area contributed by atoms with Crippen LogP contribution in [0.5, 0.6) is 0 Å². The number of rotatable bonds is 7. The van der Waals surface area contributed by atoms with Crippen LogP contribution in [0.25, 0.3) is 0 Å². The zero-order valence-corrected chi connectivity index (χ0v) is 9.82. The van der Waals surface area contributed by atoms with Gasteiger partial charge >= 0.3 is 0 Å². The zero-order chi connectivity index (χ0) is 11.8. The number of nitrogens with zero attached hydrogens (tertiary/aromatic N) is 1. The van der Waals surface area contributed by atoms with E-state index >= 15 is 0 Å². The van der Waals surface area contributed by atoms with Gasteiger partial charge in [0.1, 0.15) is 12.4 Å². The number of nitrogens with one attached hydrogen (secondary N) is 2. The Morgan fingerprint density at radius 2 is 2.44 bits per heavy atom. The Balaban J connectivity index is 2.00. The van der Waals surface area contributed by atoms with Gasteiger partial charge in [0.05, 0.1) is 6.10 Å². The molecule has 5 nitrogen and oxygen atoms in total. The van der Waals surface area contributed by atoms with Gasteiger partial charge in [-0.25, -0.2) is 4.98 Å². The number of aromatic amines is 1. The van der Waals surface area contributed by atoms with Crippen LogP contribution < -0.4 is 5.32 Å². The van der Waals surface area contributed by atoms with E-state index in [2.05, 4.69) is 15.3 Å². The third-order valence-electron chi connectivity index (χ3n) is 2.02. The van der Waals surface area contributed by atoms with Gasteiger partial charge in [0.15, 0.2) is 0 Å². The van der Waals surface area contributed by atoms with E-state index in [-0.39, 0.29) is 18.6 Å². The summed E-state index contributed by atoms with van der Waals surface area (Å²) >= 11 is 0. The molecule has 0 fully saturated rings. The predicted octanol–water partition coefficient (Wildman–Crippen LogP) is 0.883. The summed E-state index contributed by atoms with van der Waals surface area (Å²) in [6.45, 7) is 4.60. The summed E-state index contributed by atoms with van der Waals surface area (Å²) in [5.41, 5.74) is 0. The SMILES string of the molecule is CC(C)OCC(=O)NCCCc1ncc[nH]1. The van der Waals surface area contributed by atoms with Gasteiger partial charge in [0.2, 0.25) is 5.91 Å². The van der Waals surface area contributed by atoms with Crippen molar-refractivity contribution in [3.05, 3.63) is 18.2 Å². The lowest BCUT2D eigenvalue weighted by Crippen LogP contribution is -2.29. The van der Waals surface area contributed by atoms with Crippen LogP contribution in [0.3, 0.4) is 0 Å². The van der Waals surface area contributed by atoms with Crippen LogP contribution in [0.1, 0.15) is 26.1 Å². The monoisotopic (exact) mass is 225 g/mol. The minimum absolute atomic E-state index is 0.0619. The number of carbonyl (C=O) groups is 1. The number of hydrogen-bond acceptors (Lipinski definition) is 3. The normalized spacial score (nSPS) is 10.7. The Bertz CT molecular complexity index is 296. The zero-order valence-electron chi connectivity index (χ0n) is 9.82. The van der Waals surface area contributed by atoms with Gasteiger partial charge in [0.25, 0.3) is 0 Å². The van der Waals surface area contributed by atoms with Crippen LogP contribution in [0, 0.1) is 0 Å². The molecule has 0 aliphatic heterocycles. The van der Waals surface area contributed by atoms with Gasteiger partial charge in [-0.2, -0.15) is 0 Å². The number of H-pyrrole nitrogens is 1. The highest BCUT2D eigenvalue weighted by Crippen LogP contribution is 1.93. The van der Waals surface area contributed by atoms with E-state index in [1.807, 2.05) is 13.8 Å². The number of aromatic nitrogens is 2. The molecule has 1 heterocycles. The summed E-state index contributed by atoms with van der Waals surface area (Å²) in [4.78, 5) is 18.4. The second-order valence-corrected chi connectivity index (χ2v) is 3.85. The quantitative estimate of drug-likeness (QED) is 0.677. The molecule has 0 atom stereocenters. The fraction of sp³-hybridized carbons (Fsp3) is 0.636. The van der Waals surface area contributed by atoms with Crippen LogP contribution >= 0.6 is 0 Å². The maximum Gasteiger partial charge on any atom is 0.246 e. The first-order valence-corrected chi connectivity index (χ1v) is 5.55. The first-order valence-electron chi connectivity index (χ1n) is 5.55. The highest BCUT2D eigenvalue weighted by atomic mass is 16.5. The fourth-order valence-electron chi connectivity index (χ4n) is 1.21. The number of amides is 1. The van der Waals surface area contributed by atoms with Crippen molar-refractivity contribution < 1.29 is 9.53 Å². The lowest BCUT2D eigenvalue weighted by molar-refractivity contribution is -0.127. The maximum absolute atomic E-state index is 11.2. The predicted molar refractivity (Wildman–Crippen MR) is 61.0 cm³/mol. The Morgan fingerprint density at radius 1 is 1.62 bits per heavy atom. The topological polar surface area (TPSA) is 67.0 Å². The Hall–Kier alpha value is -1.36. The molecule has 5 heteroatoms. The molecule has 0 spiro atoms. The van der Waals surface area contributed by atoms with Crippen molar-refractivity contribution in [3.63, 3.8) is 0 Å². The molecule has 90 valence electrons. The van der Waals surface area contributed by atoms with Crippen molar-refractivity contribution in [1.82, 2.24) is 15.3 Å². The molecule has 2 N–H and O–H groups in total. The number of ether oxygens (including phenoxy) is 1. The smallest absolute Gasteiger partial charge is 0.246 e. The average molecular weight is 225 g/mol. The molecular formula is C11H19N3O2. The molecule has 0 aromatic carbocycles. The van der Waals surface area contributed by atoms with Gasteiger partial charge in [-0.15, -0.1) is 0 Å². The molecule has 1 rings (SSSR count). The van der Waals surface area contributed by atoms with Crippen molar-refractivity contribution in [3.8, 4) is 0 Å². The lowest BCUT2D eigenvalue weighted by Gasteiger charge is -2.07. The molecule has 16 heavy (non-hydrogen) atoms. The maximum atomic E-state index is 11.2. The number of hydrogen-bond donors (Lipinski definition) is 2. The minimum atomic E-state index is -0.0619. The molecule has 1 amide bonds. The molecule has 0 saturated heterocycles.